The Morgan fingerprint density at radius 2 is 1.52 bits per heavy atom. The summed E-state index contributed by atoms with van der Waals surface area (Å²) in [5.74, 6) is -10.1. The first-order valence-electron chi connectivity index (χ1n) is 6.27. The Morgan fingerprint density at radius 3 is 2.04 bits per heavy atom. The number of ketones is 1. The third-order valence-corrected chi connectivity index (χ3v) is 4.93. The zero-order valence-electron chi connectivity index (χ0n) is 10.9. The molecule has 0 unspecified atom stereocenters. The summed E-state index contributed by atoms with van der Waals surface area (Å²) < 4.78 is 85.8. The summed E-state index contributed by atoms with van der Waals surface area (Å²) in [6.45, 7) is 0. The van der Waals surface area contributed by atoms with Crippen LogP contribution in [-0.2, 0) is 4.79 Å². The molecule has 0 radical (unpaired) electrons. The van der Waals surface area contributed by atoms with E-state index < -0.39 is 51.6 Å². The van der Waals surface area contributed by atoms with Crippen molar-refractivity contribution in [2.75, 3.05) is 0 Å². The fraction of sp³-hybridized carbons (Fsp3) is 0.357. The fourth-order valence-electron chi connectivity index (χ4n) is 3.02. The molecule has 0 heterocycles. The maximum absolute atomic E-state index is 15.0. The van der Waals surface area contributed by atoms with E-state index in [4.69, 9.17) is 23.2 Å². The summed E-state index contributed by atoms with van der Waals surface area (Å²) >= 11 is 10.6. The minimum absolute atomic E-state index is 0.138. The molecule has 1 saturated carbocycles. The summed E-state index contributed by atoms with van der Waals surface area (Å²) in [6.07, 6.45) is -3.27. The molecule has 4 rings (SSSR count). The Morgan fingerprint density at radius 1 is 1.00 bits per heavy atom. The lowest BCUT2D eigenvalue weighted by Crippen LogP contribution is -2.74. The van der Waals surface area contributed by atoms with E-state index >= 15 is 0 Å². The van der Waals surface area contributed by atoms with E-state index in [-0.39, 0.29) is 5.02 Å². The minimum Gasteiger partial charge on any atom is -0.290 e. The molecule has 0 spiro atoms. The lowest BCUT2D eigenvalue weighted by Gasteiger charge is -2.52. The highest BCUT2D eigenvalue weighted by molar-refractivity contribution is 6.38. The van der Waals surface area contributed by atoms with Crippen molar-refractivity contribution >= 4 is 29.0 Å². The summed E-state index contributed by atoms with van der Waals surface area (Å²) in [7, 11) is 0. The molecule has 1 aromatic carbocycles. The fourth-order valence-corrected chi connectivity index (χ4v) is 3.47. The van der Waals surface area contributed by atoms with E-state index in [1.807, 2.05) is 0 Å². The van der Waals surface area contributed by atoms with Gasteiger partial charge in [0.25, 0.3) is 10.8 Å². The zero-order valence-corrected chi connectivity index (χ0v) is 12.4. The van der Waals surface area contributed by atoms with Gasteiger partial charge >= 0.3 is 0 Å². The minimum atomic E-state index is -4.46. The van der Waals surface area contributed by atoms with Crippen LogP contribution in [-0.4, -0.2) is 28.4 Å². The second kappa shape index (κ2) is 4.66. The molecule has 124 valence electrons. The molecule has 23 heavy (non-hydrogen) atoms. The molecule has 1 aromatic rings. The van der Waals surface area contributed by atoms with Crippen molar-refractivity contribution in [1.29, 1.82) is 0 Å². The second-order valence-electron chi connectivity index (χ2n) is 5.39. The van der Waals surface area contributed by atoms with Crippen molar-refractivity contribution in [2.45, 2.75) is 28.6 Å². The number of hydrogen-bond donors (Lipinski definition) is 0. The van der Waals surface area contributed by atoms with E-state index in [2.05, 4.69) is 0 Å². The molecule has 0 amide bonds. The van der Waals surface area contributed by atoms with Crippen molar-refractivity contribution in [3.63, 3.8) is 0 Å². The van der Waals surface area contributed by atoms with E-state index in [0.29, 0.717) is 0 Å². The van der Waals surface area contributed by atoms with Crippen molar-refractivity contribution in [1.82, 2.24) is 0 Å². The van der Waals surface area contributed by atoms with Crippen LogP contribution >= 0.6 is 23.2 Å². The Labute approximate surface area is 135 Å². The average Bonchev–Trinajstić information content (AvgIpc) is 2.50. The smallest absolute Gasteiger partial charge is 0.288 e. The first kappa shape index (κ1) is 16.6. The van der Waals surface area contributed by atoms with Gasteiger partial charge in [0, 0.05) is 5.02 Å². The van der Waals surface area contributed by atoms with E-state index in [1.165, 1.54) is 0 Å². The van der Waals surface area contributed by atoms with Crippen LogP contribution in [0, 0.1) is 0 Å². The van der Waals surface area contributed by atoms with Gasteiger partial charge in [-0.2, -0.15) is 0 Å². The van der Waals surface area contributed by atoms with Crippen molar-refractivity contribution in [3.8, 4) is 0 Å². The van der Waals surface area contributed by atoms with Crippen LogP contribution in [0.25, 0.3) is 0 Å². The summed E-state index contributed by atoms with van der Waals surface area (Å²) in [5, 5.41) is -4.26. The normalized spacial score (nSPS) is 43.2. The molecule has 2 bridgehead atoms. The number of halogens is 8. The van der Waals surface area contributed by atoms with Crippen LogP contribution < -0.4 is 0 Å². The van der Waals surface area contributed by atoms with Crippen LogP contribution in [0.5, 0.6) is 0 Å². The highest BCUT2D eigenvalue weighted by atomic mass is 35.5. The molecule has 3 aliphatic carbocycles. The first-order valence-corrected chi connectivity index (χ1v) is 7.02. The number of fused-ring (bicyclic) bond motifs is 2. The van der Waals surface area contributed by atoms with E-state index in [0.717, 1.165) is 24.3 Å². The van der Waals surface area contributed by atoms with Gasteiger partial charge < -0.3 is 0 Å². The van der Waals surface area contributed by atoms with Gasteiger partial charge in [0.2, 0.25) is 11.5 Å². The Balaban J connectivity index is 2.31. The van der Waals surface area contributed by atoms with Crippen molar-refractivity contribution < 1.29 is 31.1 Å². The zero-order chi connectivity index (χ0) is 17.4. The number of carbonyl (C=O) groups is 1. The molecule has 0 aliphatic heterocycles. The summed E-state index contributed by atoms with van der Waals surface area (Å²) in [4.78, 5) is 11.8. The number of allylic oxidation sites excluding steroid dienone is 2. The predicted molar refractivity (Wildman–Crippen MR) is 70.7 cm³/mol. The highest BCUT2D eigenvalue weighted by Gasteiger charge is 2.84. The third-order valence-electron chi connectivity index (χ3n) is 4.23. The summed E-state index contributed by atoms with van der Waals surface area (Å²) in [5.41, 5.74) is -8.95. The molecule has 5 atom stereocenters. The van der Waals surface area contributed by atoms with Crippen LogP contribution in [0.3, 0.4) is 0 Å². The number of alkyl halides is 5. The van der Waals surface area contributed by atoms with Crippen molar-refractivity contribution in [3.05, 3.63) is 46.5 Å². The number of rotatable bonds is 1. The van der Waals surface area contributed by atoms with E-state index in [1.54, 1.807) is 0 Å². The first-order chi connectivity index (χ1) is 10.5. The maximum atomic E-state index is 15.0. The van der Waals surface area contributed by atoms with E-state index in [9.17, 15) is 31.1 Å². The molecular weight excluding hydrogens is 369 g/mol. The van der Waals surface area contributed by atoms with Crippen LogP contribution in [0.4, 0.5) is 26.3 Å². The standard InChI is InChI=1S/C14H6Cl2F6O/c15-6-3-1-5(2-4-6)7-8(17)13(21)10(19)9(18)12(7,20)11(23)14(13,16)22/h1-4,7-8H/t7-,8-,12+,13-,14-/m1/s1. The molecule has 1 nitrogen and oxygen atoms in total. The topological polar surface area (TPSA) is 17.1 Å². The van der Waals surface area contributed by atoms with Gasteiger partial charge in [0.05, 0.1) is 5.92 Å². The second-order valence-corrected chi connectivity index (χ2v) is 6.34. The summed E-state index contributed by atoms with van der Waals surface area (Å²) in [6, 6.07) is 4.28. The Kier molecular flexibility index (Phi) is 3.37. The predicted octanol–water partition coefficient (Wildman–Crippen LogP) is 4.83. The van der Waals surface area contributed by atoms with Gasteiger partial charge in [-0.15, -0.1) is 0 Å². The molecule has 1 fully saturated rings. The largest absolute Gasteiger partial charge is 0.290 e. The number of Topliss-reactive ketones (excluding diaryl/α,β-unsaturated/α-hetero) is 1. The van der Waals surface area contributed by atoms with Crippen LogP contribution in [0.1, 0.15) is 11.5 Å². The lowest BCUT2D eigenvalue weighted by atomic mass is 9.59. The van der Waals surface area contributed by atoms with Gasteiger partial charge in [-0.3, -0.25) is 4.79 Å². The van der Waals surface area contributed by atoms with Crippen LogP contribution in [0.15, 0.2) is 35.9 Å². The van der Waals surface area contributed by atoms with Crippen molar-refractivity contribution in [2.24, 2.45) is 0 Å². The monoisotopic (exact) mass is 374 g/mol. The van der Waals surface area contributed by atoms with Crippen LogP contribution in [0.2, 0.25) is 5.02 Å². The SMILES string of the molecule is O=C1[C@@]2(F)C(F)=C(F)[C@](F)([C@H](F)[C@H]2c2ccc(Cl)cc2)[C@@]1(F)Cl. The molecule has 0 N–H and O–H groups in total. The molecule has 3 aliphatic rings. The third kappa shape index (κ3) is 1.70. The Bertz CT molecular complexity index is 733. The maximum Gasteiger partial charge on any atom is 0.288 e. The molecular formula is C14H6Cl2F6O. The number of hydrogen-bond acceptors (Lipinski definition) is 1. The number of carbonyl (C=O) groups excluding carboxylic acids is 1. The molecule has 0 aromatic heterocycles. The number of benzene rings is 1. The molecule has 0 saturated heterocycles. The van der Waals surface area contributed by atoms with Gasteiger partial charge in [0.1, 0.15) is 0 Å². The Hall–Kier alpha value is -1.21. The van der Waals surface area contributed by atoms with Gasteiger partial charge in [0.15, 0.2) is 17.8 Å². The lowest BCUT2D eigenvalue weighted by molar-refractivity contribution is -0.174. The molecule has 9 heteroatoms. The van der Waals surface area contributed by atoms with Gasteiger partial charge in [-0.25, -0.2) is 26.3 Å². The average molecular weight is 375 g/mol. The highest BCUT2D eigenvalue weighted by Crippen LogP contribution is 2.65. The van der Waals surface area contributed by atoms with Gasteiger partial charge in [-0.1, -0.05) is 35.3 Å². The van der Waals surface area contributed by atoms with Gasteiger partial charge in [-0.05, 0) is 17.7 Å². The quantitative estimate of drug-likeness (QED) is 0.508.